The molecular formula is C118H72N8O2. The van der Waals surface area contributed by atoms with E-state index in [0.29, 0.717) is 34.9 Å². The fraction of sp³-hybridized carbons (Fsp3) is 0.0169. The molecule has 4 aliphatic rings. The van der Waals surface area contributed by atoms with E-state index in [0.717, 1.165) is 156 Å². The van der Waals surface area contributed by atoms with Crippen molar-refractivity contribution < 1.29 is 9.47 Å². The summed E-state index contributed by atoms with van der Waals surface area (Å²) in [5, 5.41) is 6.79. The number of rotatable bonds is 10. The third kappa shape index (κ3) is 11.7. The highest BCUT2D eigenvalue weighted by molar-refractivity contribution is 6.22. The molecule has 0 atom stereocenters. The number of pyridine rings is 2. The zero-order valence-corrected chi connectivity index (χ0v) is 69.0. The van der Waals surface area contributed by atoms with E-state index in [-0.39, 0.29) is 0 Å². The minimum Gasteiger partial charge on any atom is -0.457 e. The summed E-state index contributed by atoms with van der Waals surface area (Å²) in [6, 6.07) is 153. The largest absolute Gasteiger partial charge is 0.457 e. The Hall–Kier alpha value is -17.1. The lowest BCUT2D eigenvalue weighted by atomic mass is 9.66. The number of ether oxygens (including phenoxy) is 2. The van der Waals surface area contributed by atoms with E-state index in [9.17, 15) is 0 Å². The number of benzene rings is 18. The Balaban J connectivity index is 0.000000139. The molecule has 0 fully saturated rings. The van der Waals surface area contributed by atoms with Crippen molar-refractivity contribution in [3.05, 3.63) is 481 Å². The van der Waals surface area contributed by atoms with Gasteiger partial charge in [-0.3, -0.25) is 0 Å². The Labute approximate surface area is 738 Å². The second-order valence-electron chi connectivity index (χ2n) is 33.0. The zero-order chi connectivity index (χ0) is 84.4. The Morgan fingerprint density at radius 1 is 0.164 bits per heavy atom. The van der Waals surface area contributed by atoms with Gasteiger partial charge in [-0.1, -0.05) is 382 Å². The van der Waals surface area contributed by atoms with Crippen molar-refractivity contribution in [2.24, 2.45) is 0 Å². The van der Waals surface area contributed by atoms with E-state index in [1.54, 1.807) is 0 Å². The van der Waals surface area contributed by atoms with Gasteiger partial charge in [-0.25, -0.2) is 39.9 Å². The molecule has 10 heteroatoms. The van der Waals surface area contributed by atoms with Gasteiger partial charge in [-0.05, 0) is 121 Å². The van der Waals surface area contributed by atoms with Crippen LogP contribution < -0.4 is 9.47 Å². The average Bonchev–Trinajstić information content (AvgIpc) is 1.51. The fourth-order valence-electron chi connectivity index (χ4n) is 20.4. The molecule has 128 heavy (non-hydrogen) atoms. The maximum atomic E-state index is 6.67. The highest BCUT2D eigenvalue weighted by atomic mass is 16.5. The van der Waals surface area contributed by atoms with Gasteiger partial charge in [0.2, 0.25) is 0 Å². The van der Waals surface area contributed by atoms with Crippen LogP contribution in [-0.2, 0) is 10.8 Å². The summed E-state index contributed by atoms with van der Waals surface area (Å²) >= 11 is 0. The van der Waals surface area contributed by atoms with Crippen LogP contribution in [-0.4, -0.2) is 39.9 Å². The van der Waals surface area contributed by atoms with Gasteiger partial charge in [0.1, 0.15) is 23.0 Å². The van der Waals surface area contributed by atoms with E-state index in [1.807, 2.05) is 121 Å². The first kappa shape index (κ1) is 73.6. The number of nitrogens with zero attached hydrogens (tertiary/aromatic N) is 8. The van der Waals surface area contributed by atoms with Crippen LogP contribution in [0.1, 0.15) is 44.5 Å². The number of fused-ring (bicyclic) bond motifs is 26. The standard InChI is InChI=1S/2C59H36N4O/c1-4-17-37(18-5-1)55-44-32-33-49-54(43-25-10-11-26-46(43)59(49)47-27-12-14-29-51(47)64-52-30-15-13-28-48(52)59)53(44)45-36-41(31-34-50(45)60-55)40-23-16-24-42(35-40)58-62-56(38-19-6-2-7-20-38)61-57(63-58)39-21-8-3-9-22-39;1-4-16-38(17-5-1)55-44-33-34-49-54(43-22-10-11-23-46(43)59(49)47-24-12-14-26-51(47)64-52-27-15-13-25-48(52)59)53(44)45-36-42(32-35-50(45)60-55)37-28-30-41(31-29-37)58-62-56(39-18-6-2-7-19-39)61-57(63-58)40-20-8-3-9-21-40/h2*1-36H. The minimum absolute atomic E-state index is 0.586. The second kappa shape index (κ2) is 29.9. The van der Waals surface area contributed by atoms with Crippen LogP contribution in [0.5, 0.6) is 23.0 Å². The predicted molar refractivity (Wildman–Crippen MR) is 514 cm³/mol. The topological polar surface area (TPSA) is 122 Å². The molecule has 0 unspecified atom stereocenters. The van der Waals surface area contributed by atoms with E-state index in [1.165, 1.54) is 55.3 Å². The minimum atomic E-state index is -0.595. The van der Waals surface area contributed by atoms with Gasteiger partial charge < -0.3 is 9.47 Å². The van der Waals surface area contributed by atoms with Crippen molar-refractivity contribution in [2.45, 2.75) is 10.8 Å². The molecule has 0 amide bonds. The fourth-order valence-corrected chi connectivity index (χ4v) is 20.4. The molecule has 6 heterocycles. The lowest BCUT2D eigenvalue weighted by Gasteiger charge is -2.39. The molecular weight excluding hydrogens is 1560 g/mol. The SMILES string of the molecule is c1ccc(-c2nc(-c3ccccc3)nc(-c3ccc(-c4ccc5nc(-c6ccccc6)c6ccc7c(c6c5c4)-c4ccccc4C74c5ccccc5Oc5ccccc54)cc3)n2)cc1.c1ccc(-c2nc(-c3ccccc3)nc(-c3cccc(-c4ccc5nc(-c6ccccc6)c6ccc7c(c6c5c4)-c4ccccc4C74c5ccccc5Oc5ccccc54)c3)n2)cc1. The normalized spacial score (nSPS) is 12.9. The average molecular weight is 1630 g/mol. The van der Waals surface area contributed by atoms with Crippen molar-refractivity contribution in [3.8, 4) is 158 Å². The molecule has 0 N–H and O–H groups in total. The quantitative estimate of drug-likeness (QED) is 0.122. The Kier molecular flexibility index (Phi) is 17.2. The molecule has 2 aliphatic heterocycles. The highest BCUT2D eigenvalue weighted by Crippen LogP contribution is 2.66. The first-order chi connectivity index (χ1) is 63.4. The molecule has 0 bridgehead atoms. The molecule has 2 spiro atoms. The van der Waals surface area contributed by atoms with Crippen LogP contribution in [0, 0.1) is 0 Å². The smallest absolute Gasteiger partial charge is 0.164 e. The zero-order valence-electron chi connectivity index (χ0n) is 69.0. The van der Waals surface area contributed by atoms with Gasteiger partial charge in [0.15, 0.2) is 34.9 Å². The summed E-state index contributed by atoms with van der Waals surface area (Å²) in [5.41, 5.74) is 29.1. The van der Waals surface area contributed by atoms with Gasteiger partial charge in [0, 0.05) is 99.1 Å². The van der Waals surface area contributed by atoms with E-state index in [2.05, 4.69) is 315 Å². The summed E-state index contributed by atoms with van der Waals surface area (Å²) < 4.78 is 13.3. The number of hydrogen-bond acceptors (Lipinski definition) is 10. The van der Waals surface area contributed by atoms with Gasteiger partial charge in [0.25, 0.3) is 0 Å². The third-order valence-corrected chi connectivity index (χ3v) is 26.0. The summed E-state index contributed by atoms with van der Waals surface area (Å²) in [6.07, 6.45) is 0. The Morgan fingerprint density at radius 2 is 0.430 bits per heavy atom. The Bertz CT molecular complexity index is 8040. The van der Waals surface area contributed by atoms with Crippen LogP contribution in [0.2, 0.25) is 0 Å². The maximum absolute atomic E-state index is 6.67. The monoisotopic (exact) mass is 1630 g/mol. The van der Waals surface area contributed by atoms with Crippen molar-refractivity contribution in [1.82, 2.24) is 39.9 Å². The van der Waals surface area contributed by atoms with Crippen molar-refractivity contribution >= 4 is 43.4 Å². The maximum Gasteiger partial charge on any atom is 0.164 e. The van der Waals surface area contributed by atoms with Gasteiger partial charge in [0.05, 0.1) is 33.3 Å². The molecule has 10 nitrogen and oxygen atoms in total. The first-order valence-electron chi connectivity index (χ1n) is 43.3. The summed E-state index contributed by atoms with van der Waals surface area (Å²) in [6.45, 7) is 0. The molecule has 2 aliphatic carbocycles. The number of hydrogen-bond donors (Lipinski definition) is 0. The van der Waals surface area contributed by atoms with Crippen LogP contribution in [0.15, 0.2) is 437 Å². The molecule has 0 radical (unpaired) electrons. The molecule has 596 valence electrons. The van der Waals surface area contributed by atoms with Gasteiger partial charge in [-0.2, -0.15) is 0 Å². The van der Waals surface area contributed by atoms with E-state index >= 15 is 0 Å². The van der Waals surface area contributed by atoms with Crippen molar-refractivity contribution in [3.63, 3.8) is 0 Å². The van der Waals surface area contributed by atoms with E-state index in [4.69, 9.17) is 49.3 Å². The summed E-state index contributed by atoms with van der Waals surface area (Å²) in [7, 11) is 0. The predicted octanol–water partition coefficient (Wildman–Crippen LogP) is 28.8. The molecule has 22 aromatic rings. The number of aromatic nitrogens is 8. The van der Waals surface area contributed by atoms with Crippen LogP contribution in [0.3, 0.4) is 0 Å². The van der Waals surface area contributed by atoms with Crippen LogP contribution in [0.4, 0.5) is 0 Å². The lowest BCUT2D eigenvalue weighted by molar-refractivity contribution is 0.436. The molecule has 26 rings (SSSR count). The van der Waals surface area contributed by atoms with Gasteiger partial charge in [-0.15, -0.1) is 0 Å². The van der Waals surface area contributed by atoms with Crippen molar-refractivity contribution in [1.29, 1.82) is 0 Å². The second-order valence-corrected chi connectivity index (χ2v) is 33.0. The Morgan fingerprint density at radius 3 is 0.797 bits per heavy atom. The lowest BCUT2D eigenvalue weighted by Crippen LogP contribution is -2.32. The number of para-hydroxylation sites is 4. The van der Waals surface area contributed by atoms with Crippen LogP contribution in [0.25, 0.3) is 179 Å². The molecule has 0 saturated carbocycles. The van der Waals surface area contributed by atoms with Crippen molar-refractivity contribution in [2.75, 3.05) is 0 Å². The van der Waals surface area contributed by atoms with E-state index < -0.39 is 10.8 Å². The summed E-state index contributed by atoms with van der Waals surface area (Å²) in [4.78, 5) is 40.8. The van der Waals surface area contributed by atoms with Crippen LogP contribution >= 0.6 is 0 Å². The molecule has 18 aromatic carbocycles. The molecule has 4 aromatic heterocycles. The first-order valence-corrected chi connectivity index (χ1v) is 43.3. The highest BCUT2D eigenvalue weighted by Gasteiger charge is 2.54. The summed E-state index contributed by atoms with van der Waals surface area (Å²) in [5.74, 6) is 7.30. The molecule has 0 saturated heterocycles. The third-order valence-electron chi connectivity index (χ3n) is 26.0. The van der Waals surface area contributed by atoms with Gasteiger partial charge >= 0.3 is 0 Å².